The molecule has 3 aromatic carbocycles. The molecule has 7 nitrogen and oxygen atoms in total. The maximum atomic E-state index is 13.7. The number of anilines is 1. The Hall–Kier alpha value is -2.49. The number of likely N-dealkylation sites (N-methyl/N-ethyl adjacent to an activating group) is 1. The Bertz CT molecular complexity index is 1400. The van der Waals surface area contributed by atoms with Gasteiger partial charge in [0, 0.05) is 28.7 Å². The van der Waals surface area contributed by atoms with Gasteiger partial charge < -0.3 is 10.2 Å². The van der Waals surface area contributed by atoms with Crippen LogP contribution >= 0.6 is 46.4 Å². The standard InChI is InChI=1S/C25H23Cl4N3O4S/c1-16(25(34)30-2)31(14-17-8-9-18(26)12-22(17)29)24(33)15-32(23-13-19(27)10-11-21(23)28)37(35,36)20-6-4-3-5-7-20/h3-13,16H,14-15H2,1-2H3,(H,30,34)/t16-/m0/s1. The first-order valence-corrected chi connectivity index (χ1v) is 13.9. The molecule has 1 N–H and O–H groups in total. The minimum Gasteiger partial charge on any atom is -0.357 e. The van der Waals surface area contributed by atoms with Crippen LogP contribution in [0.2, 0.25) is 20.1 Å². The van der Waals surface area contributed by atoms with Crippen molar-refractivity contribution in [1.82, 2.24) is 10.2 Å². The molecule has 0 aliphatic rings. The molecule has 0 unspecified atom stereocenters. The average molecular weight is 603 g/mol. The molecule has 0 saturated carbocycles. The topological polar surface area (TPSA) is 86.8 Å². The summed E-state index contributed by atoms with van der Waals surface area (Å²) in [4.78, 5) is 27.5. The number of benzene rings is 3. The highest BCUT2D eigenvalue weighted by Crippen LogP contribution is 2.33. The van der Waals surface area contributed by atoms with Crippen molar-refractivity contribution in [3.63, 3.8) is 0 Å². The summed E-state index contributed by atoms with van der Waals surface area (Å²) < 4.78 is 28.3. The molecule has 12 heteroatoms. The smallest absolute Gasteiger partial charge is 0.264 e. The van der Waals surface area contributed by atoms with E-state index in [9.17, 15) is 18.0 Å². The number of nitrogens with zero attached hydrogens (tertiary/aromatic N) is 2. The zero-order valence-electron chi connectivity index (χ0n) is 19.8. The summed E-state index contributed by atoms with van der Waals surface area (Å²) >= 11 is 24.8. The summed E-state index contributed by atoms with van der Waals surface area (Å²) in [7, 11) is -2.82. The second-order valence-corrected chi connectivity index (χ2v) is 11.5. The van der Waals surface area contributed by atoms with Gasteiger partial charge in [0.2, 0.25) is 11.8 Å². The fourth-order valence-electron chi connectivity index (χ4n) is 3.53. The van der Waals surface area contributed by atoms with Crippen LogP contribution in [-0.2, 0) is 26.2 Å². The molecule has 0 aliphatic heterocycles. The summed E-state index contributed by atoms with van der Waals surface area (Å²) in [5, 5.41) is 3.51. The van der Waals surface area contributed by atoms with Crippen LogP contribution in [0.4, 0.5) is 5.69 Å². The van der Waals surface area contributed by atoms with E-state index in [2.05, 4.69) is 5.32 Å². The van der Waals surface area contributed by atoms with Crippen molar-refractivity contribution in [2.45, 2.75) is 24.4 Å². The van der Waals surface area contributed by atoms with Crippen LogP contribution in [-0.4, -0.2) is 44.8 Å². The highest BCUT2D eigenvalue weighted by atomic mass is 35.5. The SMILES string of the molecule is CNC(=O)[C@H](C)N(Cc1ccc(Cl)cc1Cl)C(=O)CN(c1cc(Cl)ccc1Cl)S(=O)(=O)c1ccccc1. The van der Waals surface area contributed by atoms with E-state index in [4.69, 9.17) is 46.4 Å². The minimum absolute atomic E-state index is 0.0171. The number of carbonyl (C=O) groups excluding carboxylic acids is 2. The van der Waals surface area contributed by atoms with Gasteiger partial charge in [-0.05, 0) is 55.0 Å². The molecule has 0 heterocycles. The van der Waals surface area contributed by atoms with Crippen LogP contribution in [0.15, 0.2) is 71.6 Å². The van der Waals surface area contributed by atoms with Gasteiger partial charge in [0.25, 0.3) is 10.0 Å². The van der Waals surface area contributed by atoms with Gasteiger partial charge in [-0.1, -0.05) is 70.7 Å². The molecule has 0 aliphatic carbocycles. The van der Waals surface area contributed by atoms with Crippen molar-refractivity contribution >= 4 is 73.9 Å². The van der Waals surface area contributed by atoms with Gasteiger partial charge in [0.15, 0.2) is 0 Å². The molecule has 0 radical (unpaired) electrons. The van der Waals surface area contributed by atoms with Crippen LogP contribution in [0, 0.1) is 0 Å². The molecule has 0 fully saturated rings. The Kier molecular flexibility index (Phi) is 9.72. The third-order valence-corrected chi connectivity index (χ3v) is 8.47. The number of hydrogen-bond donors (Lipinski definition) is 1. The third-order valence-electron chi connectivity index (χ3n) is 5.56. The lowest BCUT2D eigenvalue weighted by Crippen LogP contribution is -2.50. The molecule has 0 spiro atoms. The summed E-state index contributed by atoms with van der Waals surface area (Å²) in [5.41, 5.74) is 0.539. The zero-order valence-corrected chi connectivity index (χ0v) is 23.6. The van der Waals surface area contributed by atoms with Gasteiger partial charge in [-0.3, -0.25) is 13.9 Å². The summed E-state index contributed by atoms with van der Waals surface area (Å²) in [6, 6.07) is 15.7. The maximum Gasteiger partial charge on any atom is 0.264 e. The quantitative estimate of drug-likeness (QED) is 0.342. The highest BCUT2D eigenvalue weighted by Gasteiger charge is 2.33. The first-order valence-electron chi connectivity index (χ1n) is 10.9. The monoisotopic (exact) mass is 601 g/mol. The Labute approximate surface area is 235 Å². The molecule has 0 bridgehead atoms. The fraction of sp³-hybridized carbons (Fsp3) is 0.200. The molecule has 3 rings (SSSR count). The van der Waals surface area contributed by atoms with E-state index in [1.54, 1.807) is 30.3 Å². The zero-order chi connectivity index (χ0) is 27.3. The van der Waals surface area contributed by atoms with Crippen molar-refractivity contribution in [2.24, 2.45) is 0 Å². The van der Waals surface area contributed by atoms with E-state index in [1.807, 2.05) is 0 Å². The van der Waals surface area contributed by atoms with E-state index in [-0.39, 0.29) is 27.2 Å². The second-order valence-electron chi connectivity index (χ2n) is 7.97. The molecular weight excluding hydrogens is 580 g/mol. The number of sulfonamides is 1. The fourth-order valence-corrected chi connectivity index (χ4v) is 5.89. The van der Waals surface area contributed by atoms with Crippen molar-refractivity contribution in [3.05, 3.63) is 92.4 Å². The first-order chi connectivity index (χ1) is 17.4. The number of carbonyl (C=O) groups is 2. The summed E-state index contributed by atoms with van der Waals surface area (Å²) in [6.07, 6.45) is 0. The number of amides is 2. The highest BCUT2D eigenvalue weighted by molar-refractivity contribution is 7.92. The Morgan fingerprint density at radius 1 is 0.892 bits per heavy atom. The van der Waals surface area contributed by atoms with Crippen molar-refractivity contribution < 1.29 is 18.0 Å². The third kappa shape index (κ3) is 6.89. The molecule has 196 valence electrons. The van der Waals surface area contributed by atoms with E-state index < -0.39 is 34.4 Å². The second kappa shape index (κ2) is 12.4. The van der Waals surface area contributed by atoms with E-state index >= 15 is 0 Å². The Morgan fingerprint density at radius 3 is 2.14 bits per heavy atom. The van der Waals surface area contributed by atoms with Gasteiger partial charge in [-0.2, -0.15) is 0 Å². The van der Waals surface area contributed by atoms with Crippen molar-refractivity contribution in [1.29, 1.82) is 0 Å². The lowest BCUT2D eigenvalue weighted by Gasteiger charge is -2.32. The number of halogens is 4. The maximum absolute atomic E-state index is 13.7. The van der Waals surface area contributed by atoms with Gasteiger partial charge in [-0.15, -0.1) is 0 Å². The van der Waals surface area contributed by atoms with Gasteiger partial charge >= 0.3 is 0 Å². The minimum atomic E-state index is -4.26. The Morgan fingerprint density at radius 2 is 1.51 bits per heavy atom. The molecule has 1 atom stereocenters. The van der Waals surface area contributed by atoms with Gasteiger partial charge in [0.1, 0.15) is 12.6 Å². The van der Waals surface area contributed by atoms with Crippen molar-refractivity contribution in [2.75, 3.05) is 17.9 Å². The predicted molar refractivity (Wildman–Crippen MR) is 148 cm³/mol. The first kappa shape index (κ1) is 29.1. The molecule has 0 saturated heterocycles. The lowest BCUT2D eigenvalue weighted by molar-refractivity contribution is -0.139. The summed E-state index contributed by atoms with van der Waals surface area (Å²) in [5.74, 6) is -1.12. The van der Waals surface area contributed by atoms with E-state index in [1.165, 1.54) is 55.3 Å². The van der Waals surface area contributed by atoms with Crippen LogP contribution in [0.5, 0.6) is 0 Å². The number of rotatable bonds is 9. The van der Waals surface area contributed by atoms with E-state index in [0.29, 0.717) is 15.6 Å². The van der Waals surface area contributed by atoms with Crippen LogP contribution < -0.4 is 9.62 Å². The Balaban J connectivity index is 2.08. The molecule has 3 aromatic rings. The molecule has 37 heavy (non-hydrogen) atoms. The lowest BCUT2D eigenvalue weighted by atomic mass is 10.1. The molecular formula is C25H23Cl4N3O4S. The van der Waals surface area contributed by atoms with Crippen LogP contribution in [0.1, 0.15) is 12.5 Å². The predicted octanol–water partition coefficient (Wildman–Crippen LogP) is 5.66. The van der Waals surface area contributed by atoms with Crippen LogP contribution in [0.25, 0.3) is 0 Å². The number of hydrogen-bond acceptors (Lipinski definition) is 4. The van der Waals surface area contributed by atoms with Crippen molar-refractivity contribution in [3.8, 4) is 0 Å². The van der Waals surface area contributed by atoms with Crippen LogP contribution in [0.3, 0.4) is 0 Å². The normalized spacial score (nSPS) is 12.1. The average Bonchev–Trinajstić information content (AvgIpc) is 2.87. The number of nitrogens with one attached hydrogen (secondary N) is 1. The summed E-state index contributed by atoms with van der Waals surface area (Å²) in [6.45, 7) is 0.790. The largest absolute Gasteiger partial charge is 0.357 e. The molecule has 0 aromatic heterocycles. The van der Waals surface area contributed by atoms with E-state index in [0.717, 1.165) is 4.31 Å². The molecule has 2 amide bonds. The van der Waals surface area contributed by atoms with Gasteiger partial charge in [0.05, 0.1) is 15.6 Å². The van der Waals surface area contributed by atoms with Gasteiger partial charge in [-0.25, -0.2) is 8.42 Å².